The van der Waals surface area contributed by atoms with Gasteiger partial charge >= 0.3 is 0 Å². The smallest absolute Gasteiger partial charge is 0.230 e. The number of ether oxygens (including phenoxy) is 1. The van der Waals surface area contributed by atoms with Crippen LogP contribution in [-0.4, -0.2) is 10.1 Å². The Labute approximate surface area is 121 Å². The molecule has 4 rings (SSSR count). The molecule has 104 valence electrons. The molecule has 0 atom stereocenters. The average Bonchev–Trinajstić information content (AvgIpc) is 3.13. The second-order valence-corrected chi connectivity index (χ2v) is 4.98. The highest BCUT2D eigenvalue weighted by atomic mass is 16.5. The van der Waals surface area contributed by atoms with Crippen molar-refractivity contribution in [1.29, 1.82) is 0 Å². The predicted molar refractivity (Wildman–Crippen MR) is 78.1 cm³/mol. The maximum absolute atomic E-state index is 5.95. The minimum Gasteiger partial charge on any atom is -0.372 e. The first kappa shape index (κ1) is 12.1. The molecule has 0 bridgehead atoms. The van der Waals surface area contributed by atoms with Gasteiger partial charge in [-0.05, 0) is 34.9 Å². The van der Waals surface area contributed by atoms with Gasteiger partial charge in [-0.15, -0.1) is 0 Å². The number of nitrogen functional groups attached to an aromatic ring is 1. The molecule has 0 saturated heterocycles. The van der Waals surface area contributed by atoms with Gasteiger partial charge in [-0.25, -0.2) is 0 Å². The van der Waals surface area contributed by atoms with Gasteiger partial charge in [0, 0.05) is 18.0 Å². The van der Waals surface area contributed by atoms with Gasteiger partial charge in [-0.3, -0.25) is 4.98 Å². The molecule has 0 spiro atoms. The number of rotatable bonds is 2. The molecule has 1 aliphatic rings. The Balaban J connectivity index is 1.87. The fourth-order valence-corrected chi connectivity index (χ4v) is 2.62. The molecule has 5 nitrogen and oxygen atoms in total. The van der Waals surface area contributed by atoms with Crippen LogP contribution in [0.15, 0.2) is 47.2 Å². The van der Waals surface area contributed by atoms with Crippen molar-refractivity contribution in [2.75, 3.05) is 5.73 Å². The number of benzene rings is 1. The molecule has 0 aliphatic carbocycles. The van der Waals surface area contributed by atoms with E-state index >= 15 is 0 Å². The average molecular weight is 279 g/mol. The molecule has 0 radical (unpaired) electrons. The van der Waals surface area contributed by atoms with E-state index in [-0.39, 0.29) is 0 Å². The summed E-state index contributed by atoms with van der Waals surface area (Å²) in [7, 11) is 0. The Kier molecular flexibility index (Phi) is 2.72. The zero-order valence-electron chi connectivity index (χ0n) is 11.2. The van der Waals surface area contributed by atoms with Crippen LogP contribution < -0.4 is 5.73 Å². The molecule has 5 heteroatoms. The molecule has 2 N–H and O–H groups in total. The lowest BCUT2D eigenvalue weighted by atomic mass is 9.99. The number of hydrogen-bond acceptors (Lipinski definition) is 5. The Bertz CT molecular complexity index is 797. The van der Waals surface area contributed by atoms with Crippen molar-refractivity contribution in [3.05, 3.63) is 53.9 Å². The number of aromatic nitrogens is 2. The van der Waals surface area contributed by atoms with Crippen LogP contribution >= 0.6 is 0 Å². The van der Waals surface area contributed by atoms with Crippen molar-refractivity contribution in [2.45, 2.75) is 13.2 Å². The van der Waals surface area contributed by atoms with Gasteiger partial charge in [0.2, 0.25) is 5.88 Å². The molecule has 2 aromatic heterocycles. The Morgan fingerprint density at radius 2 is 1.76 bits per heavy atom. The number of nitrogens with zero attached hydrogens (tertiary/aromatic N) is 2. The van der Waals surface area contributed by atoms with E-state index in [2.05, 4.69) is 22.3 Å². The fourth-order valence-electron chi connectivity index (χ4n) is 2.62. The quantitative estimate of drug-likeness (QED) is 0.780. The lowest BCUT2D eigenvalue weighted by Crippen LogP contribution is -1.89. The first-order chi connectivity index (χ1) is 10.3. The number of hydrogen-bond donors (Lipinski definition) is 1. The maximum atomic E-state index is 5.95. The second-order valence-electron chi connectivity index (χ2n) is 4.98. The lowest BCUT2D eigenvalue weighted by molar-refractivity contribution is 0.134. The minimum absolute atomic E-state index is 0.313. The normalized spacial score (nSPS) is 13.3. The van der Waals surface area contributed by atoms with E-state index in [0.717, 1.165) is 22.4 Å². The van der Waals surface area contributed by atoms with Gasteiger partial charge in [0.1, 0.15) is 5.69 Å². The molecular weight excluding hydrogens is 266 g/mol. The molecule has 3 heterocycles. The van der Waals surface area contributed by atoms with Crippen LogP contribution in [-0.2, 0) is 18.0 Å². The largest absolute Gasteiger partial charge is 0.372 e. The van der Waals surface area contributed by atoms with E-state index in [1.165, 1.54) is 11.1 Å². The summed E-state index contributed by atoms with van der Waals surface area (Å²) in [6.45, 7) is 1.31. The number of fused-ring (bicyclic) bond motifs is 1. The van der Waals surface area contributed by atoms with Crippen molar-refractivity contribution in [1.82, 2.24) is 10.1 Å². The number of anilines is 1. The first-order valence-corrected chi connectivity index (χ1v) is 6.68. The van der Waals surface area contributed by atoms with Gasteiger partial charge in [0.05, 0.1) is 18.8 Å². The first-order valence-electron chi connectivity index (χ1n) is 6.68. The van der Waals surface area contributed by atoms with Crippen LogP contribution in [0.3, 0.4) is 0 Å². The van der Waals surface area contributed by atoms with Gasteiger partial charge in [0.15, 0.2) is 0 Å². The third kappa shape index (κ3) is 1.98. The standard InChI is InChI=1S/C16H13N3O2/c17-16-14(10-3-5-18-6-4-10)15(19-21-16)11-1-2-12-8-20-9-13(12)7-11/h1-7H,8-9,17H2. The monoisotopic (exact) mass is 279 g/mol. The van der Waals surface area contributed by atoms with Crippen molar-refractivity contribution in [3.63, 3.8) is 0 Å². The third-order valence-corrected chi connectivity index (χ3v) is 3.68. The van der Waals surface area contributed by atoms with Gasteiger partial charge in [0.25, 0.3) is 0 Å². The van der Waals surface area contributed by atoms with Crippen LogP contribution in [0.25, 0.3) is 22.4 Å². The van der Waals surface area contributed by atoms with Crippen molar-refractivity contribution in [3.8, 4) is 22.4 Å². The predicted octanol–water partition coefficient (Wildman–Crippen LogP) is 3.02. The lowest BCUT2D eigenvalue weighted by Gasteiger charge is -2.04. The molecule has 21 heavy (non-hydrogen) atoms. The van der Waals surface area contributed by atoms with Crippen LogP contribution in [0, 0.1) is 0 Å². The Morgan fingerprint density at radius 3 is 2.62 bits per heavy atom. The summed E-state index contributed by atoms with van der Waals surface area (Å²) >= 11 is 0. The summed E-state index contributed by atoms with van der Waals surface area (Å²) in [6.07, 6.45) is 3.45. The highest BCUT2D eigenvalue weighted by Crippen LogP contribution is 2.37. The van der Waals surface area contributed by atoms with Gasteiger partial charge in [-0.2, -0.15) is 0 Å². The van der Waals surface area contributed by atoms with Crippen LogP contribution in [0.5, 0.6) is 0 Å². The molecule has 1 aliphatic heterocycles. The molecule has 1 aromatic carbocycles. The maximum Gasteiger partial charge on any atom is 0.230 e. The summed E-state index contributed by atoms with van der Waals surface area (Å²) < 4.78 is 10.6. The van der Waals surface area contributed by atoms with Gasteiger partial charge < -0.3 is 15.0 Å². The topological polar surface area (TPSA) is 74.2 Å². The Morgan fingerprint density at radius 1 is 0.952 bits per heavy atom. The number of pyridine rings is 1. The van der Waals surface area contributed by atoms with E-state index in [4.69, 9.17) is 15.0 Å². The van der Waals surface area contributed by atoms with Crippen molar-refractivity contribution >= 4 is 5.88 Å². The molecular formula is C16H13N3O2. The zero-order valence-corrected chi connectivity index (χ0v) is 11.2. The van der Waals surface area contributed by atoms with E-state index < -0.39 is 0 Å². The molecule has 0 fully saturated rings. The van der Waals surface area contributed by atoms with Crippen molar-refractivity contribution < 1.29 is 9.26 Å². The summed E-state index contributed by atoms with van der Waals surface area (Å²) in [5.41, 5.74) is 11.8. The fraction of sp³-hybridized carbons (Fsp3) is 0.125. The van der Waals surface area contributed by atoms with E-state index in [1.807, 2.05) is 18.2 Å². The third-order valence-electron chi connectivity index (χ3n) is 3.68. The molecule has 3 aromatic rings. The summed E-state index contributed by atoms with van der Waals surface area (Å²) in [5, 5.41) is 4.13. The highest BCUT2D eigenvalue weighted by Gasteiger charge is 2.19. The van der Waals surface area contributed by atoms with Crippen LogP contribution in [0.2, 0.25) is 0 Å². The second kappa shape index (κ2) is 4.71. The molecule has 0 amide bonds. The summed E-state index contributed by atoms with van der Waals surface area (Å²) in [4.78, 5) is 4.03. The van der Waals surface area contributed by atoms with Crippen LogP contribution in [0.4, 0.5) is 5.88 Å². The van der Waals surface area contributed by atoms with Gasteiger partial charge in [-0.1, -0.05) is 17.3 Å². The summed E-state index contributed by atoms with van der Waals surface area (Å²) in [5.74, 6) is 0.313. The summed E-state index contributed by atoms with van der Waals surface area (Å²) in [6, 6.07) is 9.96. The van der Waals surface area contributed by atoms with Crippen LogP contribution in [0.1, 0.15) is 11.1 Å². The minimum atomic E-state index is 0.313. The van der Waals surface area contributed by atoms with E-state index in [0.29, 0.717) is 19.1 Å². The highest BCUT2D eigenvalue weighted by molar-refractivity contribution is 5.86. The number of nitrogens with two attached hydrogens (primary N) is 1. The SMILES string of the molecule is Nc1onc(-c2ccc3c(c2)COC3)c1-c1ccncc1. The zero-order chi connectivity index (χ0) is 14.2. The molecule has 0 unspecified atom stereocenters. The Hall–Kier alpha value is -2.66. The van der Waals surface area contributed by atoms with Crippen molar-refractivity contribution in [2.24, 2.45) is 0 Å². The van der Waals surface area contributed by atoms with E-state index in [9.17, 15) is 0 Å². The van der Waals surface area contributed by atoms with E-state index in [1.54, 1.807) is 12.4 Å². The molecule has 0 saturated carbocycles.